The Morgan fingerprint density at radius 3 is 2.39 bits per heavy atom. The van der Waals surface area contributed by atoms with Gasteiger partial charge in [-0.05, 0) is 94.3 Å². The molecule has 0 bridgehead atoms. The third-order valence-corrected chi connectivity index (χ3v) is 7.49. The van der Waals surface area contributed by atoms with Crippen molar-refractivity contribution in [3.05, 3.63) is 59.2 Å². The summed E-state index contributed by atoms with van der Waals surface area (Å²) in [5.74, 6) is 0.330. The molecule has 0 saturated carbocycles. The summed E-state index contributed by atoms with van der Waals surface area (Å²) in [6.07, 6.45) is -0.359. The van der Waals surface area contributed by atoms with E-state index in [-0.39, 0.29) is 10.8 Å². The summed E-state index contributed by atoms with van der Waals surface area (Å²) in [6.45, 7) is 7.39. The van der Waals surface area contributed by atoms with Crippen molar-refractivity contribution in [2.75, 3.05) is 31.1 Å². The Morgan fingerprint density at radius 1 is 1.08 bits per heavy atom. The number of thiocarbonyl (C=S) groups is 1. The van der Waals surface area contributed by atoms with Gasteiger partial charge in [-0.2, -0.15) is 18.4 Å². The van der Waals surface area contributed by atoms with E-state index in [0.717, 1.165) is 42.4 Å². The largest absolute Gasteiger partial charge is 0.494 e. The van der Waals surface area contributed by atoms with Crippen molar-refractivity contribution in [2.45, 2.75) is 57.8 Å². The van der Waals surface area contributed by atoms with Crippen LogP contribution in [0.15, 0.2) is 42.5 Å². The minimum Gasteiger partial charge on any atom is -0.494 e. The molecule has 2 aromatic rings. The zero-order valence-electron chi connectivity index (χ0n) is 21.6. The summed E-state index contributed by atoms with van der Waals surface area (Å²) in [6, 6.07) is 12.8. The Balaban J connectivity index is 1.36. The third-order valence-electron chi connectivity index (χ3n) is 7.08. The minimum atomic E-state index is -4.73. The topological polar surface area (TPSA) is 59.8 Å². The van der Waals surface area contributed by atoms with E-state index in [9.17, 15) is 18.0 Å². The second kappa shape index (κ2) is 11.3. The van der Waals surface area contributed by atoms with Crippen molar-refractivity contribution in [3.8, 4) is 11.8 Å². The number of carbonyl (C=O) groups is 1. The molecule has 0 spiro atoms. The number of hydrogen-bond donors (Lipinski definition) is 0. The number of nitriles is 1. The first-order valence-corrected chi connectivity index (χ1v) is 13.1. The number of amides is 1. The van der Waals surface area contributed by atoms with Gasteiger partial charge in [-0.3, -0.25) is 14.6 Å². The minimum absolute atomic E-state index is 0.0113. The van der Waals surface area contributed by atoms with Crippen LogP contribution in [0, 0.1) is 11.3 Å². The molecule has 0 unspecified atom stereocenters. The van der Waals surface area contributed by atoms with Crippen molar-refractivity contribution in [2.24, 2.45) is 0 Å². The maximum atomic E-state index is 13.5. The van der Waals surface area contributed by atoms with Gasteiger partial charge in [0, 0.05) is 13.1 Å². The summed E-state index contributed by atoms with van der Waals surface area (Å²) < 4.78 is 46.3. The highest BCUT2D eigenvalue weighted by Crippen LogP contribution is 2.37. The third kappa shape index (κ3) is 5.94. The fourth-order valence-corrected chi connectivity index (χ4v) is 5.43. The molecule has 6 nitrogen and oxygen atoms in total. The summed E-state index contributed by atoms with van der Waals surface area (Å²) in [5, 5.41) is 9.20. The average Bonchev–Trinajstić information content (AvgIpc) is 3.06. The summed E-state index contributed by atoms with van der Waals surface area (Å²) in [4.78, 5) is 18.5. The first kappa shape index (κ1) is 27.9. The zero-order chi connectivity index (χ0) is 27.5. The number of benzene rings is 2. The fraction of sp³-hybridized carbons (Fsp3) is 0.464. The van der Waals surface area contributed by atoms with Gasteiger partial charge in [0.1, 0.15) is 11.3 Å². The van der Waals surface area contributed by atoms with E-state index in [1.54, 1.807) is 24.8 Å². The van der Waals surface area contributed by atoms with Crippen LogP contribution >= 0.6 is 12.2 Å². The van der Waals surface area contributed by atoms with Crippen LogP contribution in [0.5, 0.6) is 5.75 Å². The van der Waals surface area contributed by atoms with E-state index in [1.807, 2.05) is 12.1 Å². The lowest BCUT2D eigenvalue weighted by Gasteiger charge is -2.29. The number of piperidine rings is 1. The van der Waals surface area contributed by atoms with Crippen LogP contribution < -0.4 is 9.64 Å². The van der Waals surface area contributed by atoms with E-state index in [0.29, 0.717) is 19.6 Å². The molecule has 2 fully saturated rings. The van der Waals surface area contributed by atoms with Gasteiger partial charge in [-0.25, -0.2) is 0 Å². The Morgan fingerprint density at radius 2 is 1.76 bits per heavy atom. The smallest absolute Gasteiger partial charge is 0.417 e. The lowest BCUT2D eigenvalue weighted by molar-refractivity contribution is -0.137. The maximum Gasteiger partial charge on any atom is 0.417 e. The second-order valence-corrected chi connectivity index (χ2v) is 10.5. The maximum absolute atomic E-state index is 13.5. The molecular weight excluding hydrogens is 513 g/mol. The Labute approximate surface area is 226 Å². The van der Waals surface area contributed by atoms with Gasteiger partial charge in [0.25, 0.3) is 5.91 Å². The van der Waals surface area contributed by atoms with Crippen molar-refractivity contribution in [3.63, 3.8) is 0 Å². The predicted octanol–water partition coefficient (Wildman–Crippen LogP) is 5.74. The number of hydrogen-bond acceptors (Lipinski definition) is 5. The van der Waals surface area contributed by atoms with Crippen molar-refractivity contribution < 1.29 is 22.7 Å². The van der Waals surface area contributed by atoms with Crippen LogP contribution in [-0.2, 0) is 17.5 Å². The SMILES string of the molecule is CC1(C)C(=O)N(c2ccc(C#N)c(C(F)(F)F)c2)C(=S)N1CCCOc1ccc(CN2CCCCC2)cc1. The normalized spacial score (nSPS) is 18.1. The Hall–Kier alpha value is -3.16. The number of ether oxygens (including phenoxy) is 1. The average molecular weight is 545 g/mol. The van der Waals surface area contributed by atoms with Crippen LogP contribution in [0.4, 0.5) is 18.9 Å². The molecular formula is C28H31F3N4O2S. The highest BCUT2D eigenvalue weighted by atomic mass is 32.1. The van der Waals surface area contributed by atoms with Crippen LogP contribution in [0.2, 0.25) is 0 Å². The number of rotatable bonds is 8. The van der Waals surface area contributed by atoms with Crippen LogP contribution in [-0.4, -0.2) is 52.6 Å². The van der Waals surface area contributed by atoms with Gasteiger partial charge >= 0.3 is 6.18 Å². The first-order valence-electron chi connectivity index (χ1n) is 12.7. The first-order chi connectivity index (χ1) is 18.0. The molecule has 2 heterocycles. The van der Waals surface area contributed by atoms with Crippen LogP contribution in [0.3, 0.4) is 0 Å². The second-order valence-electron chi connectivity index (χ2n) is 10.2. The van der Waals surface area contributed by atoms with E-state index in [4.69, 9.17) is 22.2 Å². The molecule has 2 aliphatic rings. The summed E-state index contributed by atoms with van der Waals surface area (Å²) in [7, 11) is 0. The molecule has 1 amide bonds. The van der Waals surface area contributed by atoms with Crippen molar-refractivity contribution in [1.29, 1.82) is 5.26 Å². The summed E-state index contributed by atoms with van der Waals surface area (Å²) >= 11 is 5.53. The molecule has 0 atom stereocenters. The van der Waals surface area contributed by atoms with E-state index < -0.39 is 28.7 Å². The molecule has 2 aliphatic heterocycles. The number of nitrogens with zero attached hydrogens (tertiary/aromatic N) is 4. The van der Waals surface area contributed by atoms with Crippen LogP contribution in [0.1, 0.15) is 56.2 Å². The highest BCUT2D eigenvalue weighted by molar-refractivity contribution is 7.80. The monoisotopic (exact) mass is 544 g/mol. The van der Waals surface area contributed by atoms with E-state index >= 15 is 0 Å². The predicted molar refractivity (Wildman–Crippen MR) is 143 cm³/mol. The molecule has 2 saturated heterocycles. The van der Waals surface area contributed by atoms with Gasteiger partial charge < -0.3 is 9.64 Å². The molecule has 0 aliphatic carbocycles. The fourth-order valence-electron chi connectivity index (χ4n) is 4.92. The molecule has 4 rings (SSSR count). The number of carbonyl (C=O) groups excluding carboxylic acids is 1. The molecule has 38 heavy (non-hydrogen) atoms. The molecule has 2 aromatic carbocycles. The van der Waals surface area contributed by atoms with Crippen LogP contribution in [0.25, 0.3) is 0 Å². The number of likely N-dealkylation sites (tertiary alicyclic amines) is 1. The molecule has 10 heteroatoms. The quantitative estimate of drug-likeness (QED) is 0.312. The Bertz CT molecular complexity index is 1220. The van der Waals surface area contributed by atoms with E-state index in [2.05, 4.69) is 17.0 Å². The van der Waals surface area contributed by atoms with Gasteiger partial charge in [0.2, 0.25) is 0 Å². The zero-order valence-corrected chi connectivity index (χ0v) is 22.4. The van der Waals surface area contributed by atoms with E-state index in [1.165, 1.54) is 30.9 Å². The molecule has 0 radical (unpaired) electrons. The lowest BCUT2D eigenvalue weighted by Crippen LogP contribution is -2.44. The summed E-state index contributed by atoms with van der Waals surface area (Å²) in [5.41, 5.74) is -1.41. The van der Waals surface area contributed by atoms with Crippen molar-refractivity contribution >= 4 is 28.9 Å². The van der Waals surface area contributed by atoms with Gasteiger partial charge in [0.05, 0.1) is 29.5 Å². The van der Waals surface area contributed by atoms with Crippen molar-refractivity contribution in [1.82, 2.24) is 9.80 Å². The number of anilines is 1. The number of alkyl halides is 3. The Kier molecular flexibility index (Phi) is 8.28. The number of halogens is 3. The molecule has 0 aromatic heterocycles. The molecule has 0 N–H and O–H groups in total. The lowest BCUT2D eigenvalue weighted by atomic mass is 10.0. The van der Waals surface area contributed by atoms with Gasteiger partial charge in [-0.1, -0.05) is 18.6 Å². The molecule has 202 valence electrons. The van der Waals surface area contributed by atoms with Gasteiger partial charge in [0.15, 0.2) is 5.11 Å². The standard InChI is InChI=1S/C28H31F3N4O2S/c1-27(2)25(36)35(22-10-9-21(18-32)24(17-22)28(29,30)31)26(38)34(27)15-6-16-37-23-11-7-20(8-12-23)19-33-13-4-3-5-14-33/h7-12,17H,3-6,13-16,19H2,1-2H3. The highest BCUT2D eigenvalue weighted by Gasteiger charge is 2.49. The van der Waals surface area contributed by atoms with Gasteiger partial charge in [-0.15, -0.1) is 0 Å².